The van der Waals surface area contributed by atoms with E-state index in [2.05, 4.69) is 29.8 Å². The maximum Gasteiger partial charge on any atom is 0.163 e. The second-order valence-corrected chi connectivity index (χ2v) is 5.71. The lowest BCUT2D eigenvalue weighted by atomic mass is 10.1. The van der Waals surface area contributed by atoms with Gasteiger partial charge in [-0.05, 0) is 44.7 Å². The summed E-state index contributed by atoms with van der Waals surface area (Å²) in [6, 6.07) is 4.20. The normalized spacial score (nSPS) is 11.1. The molecule has 0 radical (unpaired) electrons. The van der Waals surface area contributed by atoms with Gasteiger partial charge < -0.3 is 19.1 Å². The third kappa shape index (κ3) is 4.20. The van der Waals surface area contributed by atoms with Gasteiger partial charge in [-0.15, -0.1) is 0 Å². The minimum absolute atomic E-state index is 0.219. The van der Waals surface area contributed by atoms with Crippen molar-refractivity contribution < 1.29 is 14.6 Å². The fourth-order valence-electron chi connectivity index (χ4n) is 2.89. The number of hydrogen-bond donors (Lipinski definition) is 1. The predicted octanol–water partition coefficient (Wildman–Crippen LogP) is 4.16. The summed E-state index contributed by atoms with van der Waals surface area (Å²) < 4.78 is 13.8. The number of aryl methyl sites for hydroxylation is 2. The van der Waals surface area contributed by atoms with Crippen LogP contribution in [0.2, 0.25) is 0 Å². The van der Waals surface area contributed by atoms with Crippen molar-refractivity contribution in [3.63, 3.8) is 0 Å². The molecule has 0 amide bonds. The summed E-state index contributed by atoms with van der Waals surface area (Å²) in [5, 5.41) is 10.4. The molecule has 0 aliphatic rings. The zero-order valence-corrected chi connectivity index (χ0v) is 14.6. The van der Waals surface area contributed by atoms with Crippen LogP contribution in [0.4, 0.5) is 0 Å². The van der Waals surface area contributed by atoms with Crippen LogP contribution in [0.3, 0.4) is 0 Å². The summed E-state index contributed by atoms with van der Waals surface area (Å²) >= 11 is 0. The number of unbranched alkanes of at least 4 members (excludes halogenated alkanes) is 1. The second kappa shape index (κ2) is 8.82. The first-order chi connectivity index (χ1) is 11.2. The summed E-state index contributed by atoms with van der Waals surface area (Å²) in [5.74, 6) is 1.62. The number of fused-ring (bicyclic) bond motifs is 1. The van der Waals surface area contributed by atoms with Gasteiger partial charge in [-0.25, -0.2) is 0 Å². The summed E-state index contributed by atoms with van der Waals surface area (Å²) in [6.07, 6.45) is 6.21. The van der Waals surface area contributed by atoms with E-state index in [-0.39, 0.29) is 6.61 Å². The van der Waals surface area contributed by atoms with Crippen molar-refractivity contribution in [3.05, 3.63) is 23.9 Å². The predicted molar refractivity (Wildman–Crippen MR) is 94.6 cm³/mol. The Labute approximate surface area is 139 Å². The molecular weight excluding hydrogens is 290 g/mol. The molecule has 4 nitrogen and oxygen atoms in total. The molecule has 1 aromatic heterocycles. The van der Waals surface area contributed by atoms with Gasteiger partial charge >= 0.3 is 0 Å². The van der Waals surface area contributed by atoms with Crippen molar-refractivity contribution in [1.82, 2.24) is 4.57 Å². The van der Waals surface area contributed by atoms with E-state index < -0.39 is 0 Å². The highest BCUT2D eigenvalue weighted by Crippen LogP contribution is 2.35. The standard InChI is InChI=1S/C19H29NO3/c1-4-7-10-20-14-15(9-8-11-21)16-12-18(22-5-2)19(23-6-3)13-17(16)20/h12-14,21H,4-11H2,1-3H3. The third-order valence-electron chi connectivity index (χ3n) is 3.99. The highest BCUT2D eigenvalue weighted by molar-refractivity contribution is 5.87. The number of rotatable bonds is 10. The molecule has 1 aromatic carbocycles. The van der Waals surface area contributed by atoms with Gasteiger partial charge in [0.2, 0.25) is 0 Å². The van der Waals surface area contributed by atoms with Gasteiger partial charge in [-0.2, -0.15) is 0 Å². The van der Waals surface area contributed by atoms with Crippen LogP contribution < -0.4 is 9.47 Å². The molecule has 0 atom stereocenters. The van der Waals surface area contributed by atoms with E-state index in [0.717, 1.165) is 37.3 Å². The smallest absolute Gasteiger partial charge is 0.163 e. The molecule has 1 heterocycles. The number of aliphatic hydroxyl groups excluding tert-OH is 1. The Morgan fingerprint density at radius 1 is 1.00 bits per heavy atom. The first kappa shape index (κ1) is 17.7. The van der Waals surface area contributed by atoms with Crippen LogP contribution in [0, 0.1) is 0 Å². The SMILES string of the molecule is CCCCn1cc(CCCO)c2cc(OCC)c(OCC)cc21. The monoisotopic (exact) mass is 319 g/mol. The Balaban J connectivity index is 2.50. The molecule has 2 rings (SSSR count). The van der Waals surface area contributed by atoms with E-state index in [1.807, 2.05) is 13.8 Å². The zero-order valence-electron chi connectivity index (χ0n) is 14.6. The van der Waals surface area contributed by atoms with Crippen LogP contribution in [0.5, 0.6) is 11.5 Å². The average Bonchev–Trinajstić information content (AvgIpc) is 2.88. The lowest BCUT2D eigenvalue weighted by molar-refractivity contribution is 0.288. The lowest BCUT2D eigenvalue weighted by Crippen LogP contribution is -2.00. The Hall–Kier alpha value is -1.68. The van der Waals surface area contributed by atoms with Crippen molar-refractivity contribution >= 4 is 10.9 Å². The Morgan fingerprint density at radius 2 is 1.70 bits per heavy atom. The maximum absolute atomic E-state index is 9.15. The summed E-state index contributed by atoms with van der Waals surface area (Å²) in [7, 11) is 0. The fourth-order valence-corrected chi connectivity index (χ4v) is 2.89. The van der Waals surface area contributed by atoms with Gasteiger partial charge in [0.25, 0.3) is 0 Å². The molecular formula is C19H29NO3. The van der Waals surface area contributed by atoms with Crippen LogP contribution in [0.25, 0.3) is 10.9 Å². The van der Waals surface area contributed by atoms with Crippen molar-refractivity contribution in [2.75, 3.05) is 19.8 Å². The Bertz CT molecular complexity index is 567. The molecule has 4 heteroatoms. The van der Waals surface area contributed by atoms with Crippen LogP contribution in [-0.2, 0) is 13.0 Å². The van der Waals surface area contributed by atoms with Crippen molar-refractivity contribution in [3.8, 4) is 11.5 Å². The molecule has 0 bridgehead atoms. The first-order valence-electron chi connectivity index (χ1n) is 8.77. The molecule has 0 saturated carbocycles. The van der Waals surface area contributed by atoms with Gasteiger partial charge in [-0.1, -0.05) is 13.3 Å². The minimum Gasteiger partial charge on any atom is -0.490 e. The summed E-state index contributed by atoms with van der Waals surface area (Å²) in [5.41, 5.74) is 2.47. The summed E-state index contributed by atoms with van der Waals surface area (Å²) in [4.78, 5) is 0. The fraction of sp³-hybridized carbons (Fsp3) is 0.579. The molecule has 23 heavy (non-hydrogen) atoms. The van der Waals surface area contributed by atoms with Crippen LogP contribution in [-0.4, -0.2) is 29.5 Å². The quantitative estimate of drug-likeness (QED) is 0.715. The Morgan fingerprint density at radius 3 is 2.30 bits per heavy atom. The highest BCUT2D eigenvalue weighted by atomic mass is 16.5. The largest absolute Gasteiger partial charge is 0.490 e. The highest BCUT2D eigenvalue weighted by Gasteiger charge is 2.14. The van der Waals surface area contributed by atoms with Crippen molar-refractivity contribution in [2.24, 2.45) is 0 Å². The van der Waals surface area contributed by atoms with Crippen molar-refractivity contribution in [1.29, 1.82) is 0 Å². The van der Waals surface area contributed by atoms with E-state index >= 15 is 0 Å². The maximum atomic E-state index is 9.15. The van der Waals surface area contributed by atoms with E-state index in [1.165, 1.54) is 22.9 Å². The van der Waals surface area contributed by atoms with Gasteiger partial charge in [0.05, 0.1) is 18.7 Å². The van der Waals surface area contributed by atoms with Crippen molar-refractivity contribution in [2.45, 2.75) is 53.0 Å². The van der Waals surface area contributed by atoms with E-state index in [4.69, 9.17) is 14.6 Å². The topological polar surface area (TPSA) is 43.6 Å². The first-order valence-corrected chi connectivity index (χ1v) is 8.77. The number of benzene rings is 1. The molecule has 0 aliphatic carbocycles. The van der Waals surface area contributed by atoms with Gasteiger partial charge in [0.15, 0.2) is 11.5 Å². The number of ether oxygens (including phenoxy) is 2. The molecule has 1 N–H and O–H groups in total. The number of aromatic nitrogens is 1. The zero-order chi connectivity index (χ0) is 16.7. The Kier molecular flexibility index (Phi) is 6.78. The van der Waals surface area contributed by atoms with Crippen LogP contribution >= 0.6 is 0 Å². The van der Waals surface area contributed by atoms with Crippen LogP contribution in [0.15, 0.2) is 18.3 Å². The lowest BCUT2D eigenvalue weighted by Gasteiger charge is -2.12. The van der Waals surface area contributed by atoms with Gasteiger partial charge in [0.1, 0.15) is 0 Å². The average molecular weight is 319 g/mol. The molecule has 0 saturated heterocycles. The number of hydrogen-bond acceptors (Lipinski definition) is 3. The van der Waals surface area contributed by atoms with Crippen LogP contribution in [0.1, 0.15) is 45.6 Å². The third-order valence-corrected chi connectivity index (χ3v) is 3.99. The number of nitrogens with zero attached hydrogens (tertiary/aromatic N) is 1. The molecule has 0 unspecified atom stereocenters. The summed E-state index contributed by atoms with van der Waals surface area (Å²) in [6.45, 7) is 8.65. The molecule has 2 aromatic rings. The second-order valence-electron chi connectivity index (χ2n) is 5.71. The van der Waals surface area contributed by atoms with Gasteiger partial charge in [-0.3, -0.25) is 0 Å². The molecule has 128 valence electrons. The van der Waals surface area contributed by atoms with Gasteiger partial charge in [0, 0.05) is 30.8 Å². The molecule has 0 spiro atoms. The minimum atomic E-state index is 0.219. The van der Waals surface area contributed by atoms with E-state index in [0.29, 0.717) is 13.2 Å². The van der Waals surface area contributed by atoms with E-state index in [9.17, 15) is 0 Å². The van der Waals surface area contributed by atoms with E-state index in [1.54, 1.807) is 0 Å². The molecule has 0 aliphatic heterocycles. The number of aliphatic hydroxyl groups is 1. The molecule has 0 fully saturated rings.